The molecule has 1 fully saturated rings. The largest absolute Gasteiger partial charge is 0.508 e. The summed E-state index contributed by atoms with van der Waals surface area (Å²) >= 11 is 0. The van der Waals surface area contributed by atoms with Crippen LogP contribution in [-0.4, -0.2) is 35.8 Å². The standard InChI is InChI=1S/C12H16FNO2/c1-9-7-14(4-5-16-9)8-10-6-11(13)2-3-12(10)15/h2-3,6,9,15H,4-5,7-8H2,1H3. The molecular weight excluding hydrogens is 209 g/mol. The molecule has 88 valence electrons. The summed E-state index contributed by atoms with van der Waals surface area (Å²) in [7, 11) is 0. The summed E-state index contributed by atoms with van der Waals surface area (Å²) < 4.78 is 18.4. The van der Waals surface area contributed by atoms with Crippen LogP contribution in [-0.2, 0) is 11.3 Å². The fraction of sp³-hybridized carbons (Fsp3) is 0.500. The van der Waals surface area contributed by atoms with E-state index in [-0.39, 0.29) is 17.7 Å². The van der Waals surface area contributed by atoms with Crippen LogP contribution >= 0.6 is 0 Å². The Labute approximate surface area is 94.4 Å². The molecule has 0 spiro atoms. The highest BCUT2D eigenvalue weighted by Crippen LogP contribution is 2.20. The van der Waals surface area contributed by atoms with Crippen molar-refractivity contribution in [2.24, 2.45) is 0 Å². The third kappa shape index (κ3) is 2.71. The maximum atomic E-state index is 13.0. The number of morpholine rings is 1. The molecule has 1 N–H and O–H groups in total. The van der Waals surface area contributed by atoms with Crippen LogP contribution in [0.5, 0.6) is 5.75 Å². The topological polar surface area (TPSA) is 32.7 Å². The van der Waals surface area contributed by atoms with Crippen molar-refractivity contribution in [3.63, 3.8) is 0 Å². The normalized spacial score (nSPS) is 22.2. The zero-order valence-corrected chi connectivity index (χ0v) is 9.32. The van der Waals surface area contributed by atoms with Crippen LogP contribution in [0.2, 0.25) is 0 Å². The van der Waals surface area contributed by atoms with Crippen LogP contribution in [0.15, 0.2) is 18.2 Å². The van der Waals surface area contributed by atoms with Gasteiger partial charge < -0.3 is 9.84 Å². The first-order chi connectivity index (χ1) is 7.65. The summed E-state index contributed by atoms with van der Waals surface area (Å²) in [6.07, 6.45) is 0.199. The zero-order chi connectivity index (χ0) is 11.5. The van der Waals surface area contributed by atoms with Crippen LogP contribution in [0, 0.1) is 5.82 Å². The van der Waals surface area contributed by atoms with E-state index in [1.165, 1.54) is 18.2 Å². The summed E-state index contributed by atoms with van der Waals surface area (Å²) in [4.78, 5) is 2.16. The van der Waals surface area contributed by atoms with Crippen molar-refractivity contribution in [2.75, 3.05) is 19.7 Å². The average Bonchev–Trinajstić information content (AvgIpc) is 2.24. The minimum atomic E-state index is -0.311. The molecule has 16 heavy (non-hydrogen) atoms. The van der Waals surface area contributed by atoms with E-state index < -0.39 is 0 Å². The number of phenolic OH excluding ortho intramolecular Hbond substituents is 1. The van der Waals surface area contributed by atoms with E-state index in [0.717, 1.165) is 13.1 Å². The monoisotopic (exact) mass is 225 g/mol. The summed E-state index contributed by atoms with van der Waals surface area (Å²) in [5.41, 5.74) is 0.633. The Morgan fingerprint density at radius 1 is 1.56 bits per heavy atom. The van der Waals surface area contributed by atoms with Crippen molar-refractivity contribution < 1.29 is 14.2 Å². The number of nitrogens with zero attached hydrogens (tertiary/aromatic N) is 1. The first-order valence-corrected chi connectivity index (χ1v) is 5.46. The van der Waals surface area contributed by atoms with Gasteiger partial charge in [0.05, 0.1) is 12.7 Å². The molecule has 1 heterocycles. The van der Waals surface area contributed by atoms with Gasteiger partial charge in [-0.15, -0.1) is 0 Å². The number of rotatable bonds is 2. The average molecular weight is 225 g/mol. The molecule has 4 heteroatoms. The summed E-state index contributed by atoms with van der Waals surface area (Å²) in [5.74, 6) is -0.158. The first kappa shape index (κ1) is 11.4. The highest BCUT2D eigenvalue weighted by atomic mass is 19.1. The molecule has 1 aromatic rings. The number of benzene rings is 1. The van der Waals surface area contributed by atoms with Crippen LogP contribution < -0.4 is 0 Å². The van der Waals surface area contributed by atoms with Gasteiger partial charge in [0.2, 0.25) is 0 Å². The molecule has 2 rings (SSSR count). The lowest BCUT2D eigenvalue weighted by Gasteiger charge is -2.31. The molecule has 0 aromatic heterocycles. The van der Waals surface area contributed by atoms with Crippen molar-refractivity contribution >= 4 is 0 Å². The number of hydrogen-bond acceptors (Lipinski definition) is 3. The SMILES string of the molecule is CC1CN(Cc2cc(F)ccc2O)CCO1. The molecule has 3 nitrogen and oxygen atoms in total. The lowest BCUT2D eigenvalue weighted by atomic mass is 10.1. The van der Waals surface area contributed by atoms with Crippen molar-refractivity contribution in [1.82, 2.24) is 4.90 Å². The third-order valence-electron chi connectivity index (χ3n) is 2.76. The fourth-order valence-corrected chi connectivity index (χ4v) is 1.96. The molecular formula is C12H16FNO2. The van der Waals surface area contributed by atoms with Gasteiger partial charge in [0, 0.05) is 25.2 Å². The molecule has 1 unspecified atom stereocenters. The lowest BCUT2D eigenvalue weighted by molar-refractivity contribution is -0.0214. The van der Waals surface area contributed by atoms with Gasteiger partial charge in [0.1, 0.15) is 11.6 Å². The van der Waals surface area contributed by atoms with E-state index in [0.29, 0.717) is 18.7 Å². The second-order valence-electron chi connectivity index (χ2n) is 4.19. The molecule has 1 aromatic carbocycles. The van der Waals surface area contributed by atoms with E-state index in [1.54, 1.807) is 0 Å². The summed E-state index contributed by atoms with van der Waals surface area (Å²) in [6.45, 7) is 4.91. The Morgan fingerprint density at radius 2 is 2.38 bits per heavy atom. The van der Waals surface area contributed by atoms with Crippen molar-refractivity contribution in [1.29, 1.82) is 0 Å². The quantitative estimate of drug-likeness (QED) is 0.832. The van der Waals surface area contributed by atoms with Crippen LogP contribution in [0.4, 0.5) is 4.39 Å². The Morgan fingerprint density at radius 3 is 3.12 bits per heavy atom. The van der Waals surface area contributed by atoms with E-state index in [4.69, 9.17) is 4.74 Å². The lowest BCUT2D eigenvalue weighted by Crippen LogP contribution is -2.40. The number of ether oxygens (including phenoxy) is 1. The Bertz CT molecular complexity index is 370. The van der Waals surface area contributed by atoms with Gasteiger partial charge in [-0.1, -0.05) is 0 Å². The predicted octanol–water partition coefficient (Wildman–Crippen LogP) is 1.75. The van der Waals surface area contributed by atoms with Crippen LogP contribution in [0.3, 0.4) is 0 Å². The Hall–Kier alpha value is -1.13. The molecule has 0 aliphatic carbocycles. The molecule has 0 bridgehead atoms. The minimum Gasteiger partial charge on any atom is -0.508 e. The van der Waals surface area contributed by atoms with Crippen molar-refractivity contribution in [3.05, 3.63) is 29.6 Å². The highest BCUT2D eigenvalue weighted by molar-refractivity contribution is 5.32. The molecule has 1 aliphatic heterocycles. The zero-order valence-electron chi connectivity index (χ0n) is 9.32. The van der Waals surface area contributed by atoms with Crippen LogP contribution in [0.25, 0.3) is 0 Å². The van der Waals surface area contributed by atoms with Gasteiger partial charge in [0.15, 0.2) is 0 Å². The Kier molecular flexibility index (Phi) is 3.41. The Balaban J connectivity index is 2.05. The predicted molar refractivity (Wildman–Crippen MR) is 58.8 cm³/mol. The van der Waals surface area contributed by atoms with E-state index in [1.807, 2.05) is 6.92 Å². The maximum Gasteiger partial charge on any atom is 0.123 e. The highest BCUT2D eigenvalue weighted by Gasteiger charge is 2.17. The van der Waals surface area contributed by atoms with Gasteiger partial charge in [-0.2, -0.15) is 0 Å². The molecule has 1 aliphatic rings. The number of hydrogen-bond donors (Lipinski definition) is 1. The summed E-state index contributed by atoms with van der Waals surface area (Å²) in [5, 5.41) is 9.61. The van der Waals surface area contributed by atoms with Gasteiger partial charge in [0.25, 0.3) is 0 Å². The first-order valence-electron chi connectivity index (χ1n) is 5.46. The maximum absolute atomic E-state index is 13.0. The van der Waals surface area contributed by atoms with Crippen molar-refractivity contribution in [3.8, 4) is 5.75 Å². The smallest absolute Gasteiger partial charge is 0.123 e. The van der Waals surface area contributed by atoms with E-state index in [9.17, 15) is 9.50 Å². The van der Waals surface area contributed by atoms with E-state index >= 15 is 0 Å². The van der Waals surface area contributed by atoms with Gasteiger partial charge in [-0.25, -0.2) is 4.39 Å². The fourth-order valence-electron chi connectivity index (χ4n) is 1.96. The van der Waals surface area contributed by atoms with Gasteiger partial charge in [-0.3, -0.25) is 4.90 Å². The molecule has 1 saturated heterocycles. The number of phenols is 1. The number of aromatic hydroxyl groups is 1. The second-order valence-corrected chi connectivity index (χ2v) is 4.19. The van der Waals surface area contributed by atoms with Gasteiger partial charge in [-0.05, 0) is 25.1 Å². The minimum absolute atomic E-state index is 0.153. The molecule has 0 saturated carbocycles. The van der Waals surface area contributed by atoms with Gasteiger partial charge >= 0.3 is 0 Å². The summed E-state index contributed by atoms with van der Waals surface area (Å²) in [6, 6.07) is 4.05. The van der Waals surface area contributed by atoms with E-state index in [2.05, 4.69) is 4.90 Å². The number of halogens is 1. The second kappa shape index (κ2) is 4.80. The van der Waals surface area contributed by atoms with Crippen LogP contribution in [0.1, 0.15) is 12.5 Å². The third-order valence-corrected chi connectivity index (χ3v) is 2.76. The van der Waals surface area contributed by atoms with Crippen molar-refractivity contribution in [2.45, 2.75) is 19.6 Å². The molecule has 0 radical (unpaired) electrons. The molecule has 0 amide bonds. The molecule has 1 atom stereocenters.